The van der Waals surface area contributed by atoms with E-state index in [1.54, 1.807) is 13.3 Å². The molecule has 18 heavy (non-hydrogen) atoms. The quantitative estimate of drug-likeness (QED) is 0.793. The number of methoxy groups -OCH3 is 1. The summed E-state index contributed by atoms with van der Waals surface area (Å²) in [7, 11) is 1.56. The third kappa shape index (κ3) is 4.33. The Balaban J connectivity index is 2.47. The smallest absolute Gasteiger partial charge is 0.221 e. The van der Waals surface area contributed by atoms with Crippen molar-refractivity contribution in [1.29, 1.82) is 0 Å². The van der Waals surface area contributed by atoms with Gasteiger partial charge in [-0.25, -0.2) is 4.98 Å². The lowest BCUT2D eigenvalue weighted by molar-refractivity contribution is -0.121. The van der Waals surface area contributed by atoms with Gasteiger partial charge in [0.1, 0.15) is 0 Å². The Morgan fingerprint density at radius 2 is 2.28 bits per heavy atom. The molecule has 0 bridgehead atoms. The Labute approximate surface area is 108 Å². The van der Waals surface area contributed by atoms with Crippen LogP contribution in [0.3, 0.4) is 0 Å². The predicted octanol–water partition coefficient (Wildman–Crippen LogP) is 1.08. The summed E-state index contributed by atoms with van der Waals surface area (Å²) in [6.07, 6.45) is 1.99. The van der Waals surface area contributed by atoms with E-state index in [1.165, 1.54) is 0 Å². The van der Waals surface area contributed by atoms with Crippen molar-refractivity contribution in [2.75, 3.05) is 7.11 Å². The average Bonchev–Trinajstić information content (AvgIpc) is 2.36. The van der Waals surface area contributed by atoms with Gasteiger partial charge in [-0.2, -0.15) is 0 Å². The number of hydrogen-bond acceptors (Lipinski definition) is 4. The van der Waals surface area contributed by atoms with Gasteiger partial charge in [0.25, 0.3) is 0 Å². The van der Waals surface area contributed by atoms with Crippen molar-refractivity contribution in [3.8, 4) is 5.88 Å². The van der Waals surface area contributed by atoms with Gasteiger partial charge < -0.3 is 15.8 Å². The zero-order valence-corrected chi connectivity index (χ0v) is 11.1. The maximum atomic E-state index is 11.7. The normalized spacial score (nSPS) is 12.3. The molecule has 0 saturated heterocycles. The van der Waals surface area contributed by atoms with Crippen molar-refractivity contribution in [3.63, 3.8) is 0 Å². The zero-order valence-electron chi connectivity index (χ0n) is 11.1. The molecule has 1 heterocycles. The van der Waals surface area contributed by atoms with Gasteiger partial charge in [-0.3, -0.25) is 4.79 Å². The first-order chi connectivity index (χ1) is 8.54. The van der Waals surface area contributed by atoms with Crippen molar-refractivity contribution < 1.29 is 9.53 Å². The maximum Gasteiger partial charge on any atom is 0.221 e. The lowest BCUT2D eigenvalue weighted by Crippen LogP contribution is -2.34. The zero-order chi connectivity index (χ0) is 13.5. The molecule has 1 aromatic rings. The third-order valence-corrected chi connectivity index (χ3v) is 2.80. The van der Waals surface area contributed by atoms with Gasteiger partial charge in [0.05, 0.1) is 7.11 Å². The van der Waals surface area contributed by atoms with Crippen LogP contribution in [0.15, 0.2) is 18.3 Å². The molecule has 1 rings (SSSR count). The Morgan fingerprint density at radius 1 is 1.56 bits per heavy atom. The maximum absolute atomic E-state index is 11.7. The monoisotopic (exact) mass is 251 g/mol. The second kappa shape index (κ2) is 6.96. The molecule has 0 aromatic carbocycles. The number of rotatable bonds is 6. The van der Waals surface area contributed by atoms with Gasteiger partial charge in [0.15, 0.2) is 0 Å². The molecule has 5 nitrogen and oxygen atoms in total. The van der Waals surface area contributed by atoms with E-state index in [-0.39, 0.29) is 11.9 Å². The number of carbonyl (C=O) groups excluding carboxylic acids is 1. The van der Waals surface area contributed by atoms with E-state index in [0.29, 0.717) is 24.8 Å². The van der Waals surface area contributed by atoms with Crippen LogP contribution >= 0.6 is 0 Å². The number of aromatic nitrogens is 1. The number of nitrogens with one attached hydrogen (secondary N) is 1. The number of pyridine rings is 1. The summed E-state index contributed by atoms with van der Waals surface area (Å²) in [6.45, 7) is 4.41. The molecule has 5 heteroatoms. The lowest BCUT2D eigenvalue weighted by atomic mass is 10.0. The van der Waals surface area contributed by atoms with Crippen LogP contribution < -0.4 is 15.8 Å². The van der Waals surface area contributed by atoms with Gasteiger partial charge >= 0.3 is 0 Å². The molecule has 1 atom stereocenters. The predicted molar refractivity (Wildman–Crippen MR) is 70.1 cm³/mol. The summed E-state index contributed by atoms with van der Waals surface area (Å²) in [4.78, 5) is 15.7. The van der Waals surface area contributed by atoms with Crippen LogP contribution in [-0.4, -0.2) is 24.0 Å². The van der Waals surface area contributed by atoms with Crippen LogP contribution in [0.25, 0.3) is 0 Å². The number of amides is 1. The van der Waals surface area contributed by atoms with Crippen LogP contribution in [0, 0.1) is 5.92 Å². The van der Waals surface area contributed by atoms with Crippen LogP contribution in [0.1, 0.15) is 25.8 Å². The van der Waals surface area contributed by atoms with Gasteiger partial charge in [0.2, 0.25) is 11.8 Å². The van der Waals surface area contributed by atoms with E-state index >= 15 is 0 Å². The summed E-state index contributed by atoms with van der Waals surface area (Å²) in [5, 5.41) is 2.82. The highest BCUT2D eigenvalue weighted by atomic mass is 16.5. The molecule has 1 aromatic heterocycles. The summed E-state index contributed by atoms with van der Waals surface area (Å²) in [5.74, 6) is 0.775. The van der Waals surface area contributed by atoms with Crippen molar-refractivity contribution in [2.24, 2.45) is 11.7 Å². The van der Waals surface area contributed by atoms with Crippen molar-refractivity contribution in [3.05, 3.63) is 23.9 Å². The largest absolute Gasteiger partial charge is 0.481 e. The standard InChI is InChI=1S/C13H21N3O2/c1-9(2)11(14)7-12(17)16-8-10-5-4-6-15-13(10)18-3/h4-6,9,11H,7-8,14H2,1-3H3,(H,16,17). The molecular weight excluding hydrogens is 230 g/mol. The SMILES string of the molecule is COc1ncccc1CNC(=O)CC(N)C(C)C. The molecule has 0 aliphatic rings. The highest BCUT2D eigenvalue weighted by Gasteiger charge is 2.13. The Morgan fingerprint density at radius 3 is 2.89 bits per heavy atom. The summed E-state index contributed by atoms with van der Waals surface area (Å²) < 4.78 is 5.11. The molecule has 0 saturated carbocycles. The van der Waals surface area contributed by atoms with Crippen LogP contribution in [0.2, 0.25) is 0 Å². The number of hydrogen-bond donors (Lipinski definition) is 2. The first kappa shape index (κ1) is 14.4. The topological polar surface area (TPSA) is 77.2 Å². The Bertz CT molecular complexity index is 394. The number of ether oxygens (including phenoxy) is 1. The summed E-state index contributed by atoms with van der Waals surface area (Å²) >= 11 is 0. The van der Waals surface area contributed by atoms with Gasteiger partial charge in [-0.15, -0.1) is 0 Å². The van der Waals surface area contributed by atoms with E-state index in [4.69, 9.17) is 10.5 Å². The van der Waals surface area contributed by atoms with Crippen molar-refractivity contribution in [1.82, 2.24) is 10.3 Å². The Kier molecular flexibility index (Phi) is 5.58. The van der Waals surface area contributed by atoms with Gasteiger partial charge in [0, 0.05) is 30.8 Å². The minimum absolute atomic E-state index is 0.0536. The van der Waals surface area contributed by atoms with E-state index in [9.17, 15) is 4.79 Å². The van der Waals surface area contributed by atoms with Crippen molar-refractivity contribution >= 4 is 5.91 Å². The molecule has 0 aliphatic carbocycles. The molecule has 0 spiro atoms. The van der Waals surface area contributed by atoms with Crippen LogP contribution in [-0.2, 0) is 11.3 Å². The third-order valence-electron chi connectivity index (χ3n) is 2.80. The first-order valence-corrected chi connectivity index (χ1v) is 6.04. The first-order valence-electron chi connectivity index (χ1n) is 6.04. The molecule has 100 valence electrons. The number of nitrogens with zero attached hydrogens (tertiary/aromatic N) is 1. The van der Waals surface area contributed by atoms with Crippen molar-refractivity contribution in [2.45, 2.75) is 32.9 Å². The fourth-order valence-corrected chi connectivity index (χ4v) is 1.46. The van der Waals surface area contributed by atoms with Gasteiger partial charge in [-0.1, -0.05) is 19.9 Å². The average molecular weight is 251 g/mol. The minimum Gasteiger partial charge on any atom is -0.481 e. The van der Waals surface area contributed by atoms with E-state index < -0.39 is 0 Å². The molecule has 1 unspecified atom stereocenters. The molecule has 0 radical (unpaired) electrons. The van der Waals surface area contributed by atoms with E-state index in [0.717, 1.165) is 5.56 Å². The fraction of sp³-hybridized carbons (Fsp3) is 0.538. The molecule has 0 aliphatic heterocycles. The van der Waals surface area contributed by atoms with E-state index in [2.05, 4.69) is 10.3 Å². The van der Waals surface area contributed by atoms with Gasteiger partial charge in [-0.05, 0) is 12.0 Å². The number of carbonyl (C=O) groups is 1. The highest BCUT2D eigenvalue weighted by molar-refractivity contribution is 5.76. The van der Waals surface area contributed by atoms with Crippen LogP contribution in [0.4, 0.5) is 0 Å². The molecule has 3 N–H and O–H groups in total. The fourth-order valence-electron chi connectivity index (χ4n) is 1.46. The molecule has 0 fully saturated rings. The van der Waals surface area contributed by atoms with E-state index in [1.807, 2.05) is 26.0 Å². The molecular formula is C13H21N3O2. The summed E-state index contributed by atoms with van der Waals surface area (Å²) in [5.41, 5.74) is 6.70. The second-order valence-electron chi connectivity index (χ2n) is 4.56. The lowest BCUT2D eigenvalue weighted by Gasteiger charge is -2.15. The second-order valence-corrected chi connectivity index (χ2v) is 4.56. The minimum atomic E-state index is -0.110. The number of nitrogens with two attached hydrogens (primary N) is 1. The Hall–Kier alpha value is -1.62. The summed E-state index contributed by atoms with van der Waals surface area (Å²) in [6, 6.07) is 3.57. The van der Waals surface area contributed by atoms with Crippen LogP contribution in [0.5, 0.6) is 5.88 Å². The molecule has 1 amide bonds. The highest BCUT2D eigenvalue weighted by Crippen LogP contribution is 2.13.